The van der Waals surface area contributed by atoms with Gasteiger partial charge >= 0.3 is 0 Å². The topological polar surface area (TPSA) is 136 Å². The Balaban J connectivity index is 1.33. The van der Waals surface area contributed by atoms with Gasteiger partial charge in [0.2, 0.25) is 0 Å². The summed E-state index contributed by atoms with van der Waals surface area (Å²) in [6.07, 6.45) is 4.31. The highest BCUT2D eigenvalue weighted by atomic mass is 32.2. The van der Waals surface area contributed by atoms with Crippen LogP contribution in [-0.4, -0.2) is 74.7 Å². The van der Waals surface area contributed by atoms with Gasteiger partial charge in [-0.15, -0.1) is 0 Å². The third-order valence-electron chi connectivity index (χ3n) is 6.91. The van der Waals surface area contributed by atoms with Crippen LogP contribution in [0.3, 0.4) is 0 Å². The first-order valence-electron chi connectivity index (χ1n) is 12.3. The number of hydrogen-bond acceptors (Lipinski definition) is 8. The Kier molecular flexibility index (Phi) is 5.88. The molecule has 0 radical (unpaired) electrons. The molecule has 5 aromatic rings. The number of imidazole rings is 1. The molecule has 0 amide bonds. The molecule has 10 nitrogen and oxygen atoms in total. The predicted molar refractivity (Wildman–Crippen MR) is 144 cm³/mol. The SMILES string of the molecule is CS(=O)(=O)CCN1CCC(n2nc(-c3ccc4[nH]c(Cc5ccccc5)nc4c3)c3c(N)ncnc32)C1. The Bertz CT molecular complexity index is 1690. The number of nitrogens with two attached hydrogens (primary N) is 1. The maximum absolute atomic E-state index is 11.6. The van der Waals surface area contributed by atoms with Gasteiger partial charge in [0.05, 0.1) is 28.2 Å². The van der Waals surface area contributed by atoms with E-state index in [9.17, 15) is 8.42 Å². The van der Waals surface area contributed by atoms with Crippen LogP contribution in [0.5, 0.6) is 0 Å². The molecular formula is C26H28N8O2S. The largest absolute Gasteiger partial charge is 0.383 e. The molecule has 190 valence electrons. The van der Waals surface area contributed by atoms with E-state index in [0.717, 1.165) is 52.9 Å². The molecule has 0 spiro atoms. The first kappa shape index (κ1) is 23.6. The van der Waals surface area contributed by atoms with Crippen LogP contribution in [0.1, 0.15) is 23.9 Å². The number of nitrogens with one attached hydrogen (secondary N) is 1. The molecule has 1 saturated heterocycles. The molecule has 1 aliphatic rings. The molecule has 6 rings (SSSR count). The van der Waals surface area contributed by atoms with Gasteiger partial charge in [-0.1, -0.05) is 36.4 Å². The molecule has 11 heteroatoms. The summed E-state index contributed by atoms with van der Waals surface area (Å²) >= 11 is 0. The standard InChI is InChI=1S/C26H28N8O2S/c1-37(35,36)12-11-33-10-9-19(15-33)34-26-23(25(27)28-16-29-26)24(32-34)18-7-8-20-21(14-18)31-22(30-20)13-17-5-3-2-4-6-17/h2-8,14,16,19H,9-13,15H2,1H3,(H,30,31)(H2,27,28,29). The third kappa shape index (κ3) is 4.79. The van der Waals surface area contributed by atoms with Crippen molar-refractivity contribution in [1.82, 2.24) is 34.6 Å². The van der Waals surface area contributed by atoms with Crippen molar-refractivity contribution < 1.29 is 8.42 Å². The summed E-state index contributed by atoms with van der Waals surface area (Å²) in [7, 11) is -3.01. The van der Waals surface area contributed by atoms with E-state index < -0.39 is 9.84 Å². The molecule has 0 saturated carbocycles. The number of hydrogen-bond donors (Lipinski definition) is 2. The van der Waals surface area contributed by atoms with Crippen LogP contribution in [-0.2, 0) is 16.3 Å². The number of nitrogen functional groups attached to an aromatic ring is 1. The second-order valence-electron chi connectivity index (χ2n) is 9.70. The van der Waals surface area contributed by atoms with E-state index >= 15 is 0 Å². The summed E-state index contributed by atoms with van der Waals surface area (Å²) in [5, 5.41) is 5.70. The van der Waals surface area contributed by atoms with Gasteiger partial charge in [0.1, 0.15) is 33.5 Å². The first-order chi connectivity index (χ1) is 17.8. The van der Waals surface area contributed by atoms with Gasteiger partial charge in [0, 0.05) is 37.9 Å². The fourth-order valence-electron chi connectivity index (χ4n) is 5.04. The van der Waals surface area contributed by atoms with E-state index in [2.05, 4.69) is 32.0 Å². The van der Waals surface area contributed by atoms with Crippen LogP contribution in [0.25, 0.3) is 33.3 Å². The van der Waals surface area contributed by atoms with Crippen molar-refractivity contribution in [3.8, 4) is 11.3 Å². The second kappa shape index (κ2) is 9.24. The number of H-pyrrole nitrogens is 1. The number of anilines is 1. The fourth-order valence-corrected chi connectivity index (χ4v) is 5.63. The van der Waals surface area contributed by atoms with E-state index in [1.165, 1.54) is 18.1 Å². The van der Waals surface area contributed by atoms with Gasteiger partial charge in [0.15, 0.2) is 5.65 Å². The van der Waals surface area contributed by atoms with Crippen LogP contribution in [0.4, 0.5) is 5.82 Å². The number of nitrogens with zero attached hydrogens (tertiary/aromatic N) is 6. The lowest BCUT2D eigenvalue weighted by molar-refractivity contribution is 0.338. The van der Waals surface area contributed by atoms with E-state index in [4.69, 9.17) is 15.8 Å². The van der Waals surface area contributed by atoms with Crippen LogP contribution >= 0.6 is 0 Å². The minimum absolute atomic E-state index is 0.0664. The fraction of sp³-hybridized carbons (Fsp3) is 0.308. The van der Waals surface area contributed by atoms with E-state index in [1.807, 2.05) is 41.1 Å². The number of aromatic amines is 1. The van der Waals surface area contributed by atoms with Gasteiger partial charge in [-0.05, 0) is 24.1 Å². The number of sulfone groups is 1. The second-order valence-corrected chi connectivity index (χ2v) is 12.0. The van der Waals surface area contributed by atoms with Gasteiger partial charge in [-0.25, -0.2) is 28.1 Å². The molecule has 2 aromatic carbocycles. The third-order valence-corrected chi connectivity index (χ3v) is 7.83. The monoisotopic (exact) mass is 516 g/mol. The lowest BCUT2D eigenvalue weighted by Gasteiger charge is -2.15. The highest BCUT2D eigenvalue weighted by Gasteiger charge is 2.29. The van der Waals surface area contributed by atoms with E-state index in [-0.39, 0.29) is 11.8 Å². The quantitative estimate of drug-likeness (QED) is 0.337. The number of likely N-dealkylation sites (tertiary alicyclic amines) is 1. The van der Waals surface area contributed by atoms with Gasteiger partial charge in [0.25, 0.3) is 0 Å². The normalized spacial score (nSPS) is 16.7. The Labute approximate surface area is 214 Å². The first-order valence-corrected chi connectivity index (χ1v) is 14.3. The minimum atomic E-state index is -3.01. The van der Waals surface area contributed by atoms with Crippen LogP contribution in [0.15, 0.2) is 54.9 Å². The summed E-state index contributed by atoms with van der Waals surface area (Å²) in [5.41, 5.74) is 11.6. The molecule has 1 unspecified atom stereocenters. The van der Waals surface area contributed by atoms with E-state index in [1.54, 1.807) is 0 Å². The molecule has 0 bridgehead atoms. The summed E-state index contributed by atoms with van der Waals surface area (Å²) in [6, 6.07) is 16.3. The molecule has 1 aliphatic heterocycles. The zero-order chi connectivity index (χ0) is 25.6. The minimum Gasteiger partial charge on any atom is -0.383 e. The average molecular weight is 517 g/mol. The van der Waals surface area contributed by atoms with Crippen LogP contribution in [0.2, 0.25) is 0 Å². The van der Waals surface area contributed by atoms with Crippen molar-refractivity contribution in [2.75, 3.05) is 37.4 Å². The zero-order valence-electron chi connectivity index (χ0n) is 20.5. The Morgan fingerprint density at radius 1 is 1.14 bits per heavy atom. The molecular weight excluding hydrogens is 488 g/mol. The molecule has 1 fully saturated rings. The van der Waals surface area contributed by atoms with Gasteiger partial charge in [-0.3, -0.25) is 0 Å². The van der Waals surface area contributed by atoms with Crippen molar-refractivity contribution >= 4 is 37.7 Å². The lowest BCUT2D eigenvalue weighted by Crippen LogP contribution is -2.27. The van der Waals surface area contributed by atoms with Crippen LogP contribution in [0, 0.1) is 0 Å². The van der Waals surface area contributed by atoms with Gasteiger partial charge in [-0.2, -0.15) is 5.10 Å². The van der Waals surface area contributed by atoms with E-state index in [0.29, 0.717) is 24.6 Å². The number of fused-ring (bicyclic) bond motifs is 2. The van der Waals surface area contributed by atoms with Crippen molar-refractivity contribution in [2.24, 2.45) is 0 Å². The Hall–Kier alpha value is -3.83. The molecule has 4 heterocycles. The number of aromatic nitrogens is 6. The number of rotatable bonds is 7. The zero-order valence-corrected chi connectivity index (χ0v) is 21.3. The summed E-state index contributed by atoms with van der Waals surface area (Å²) < 4.78 is 25.2. The maximum atomic E-state index is 11.6. The predicted octanol–water partition coefficient (Wildman–Crippen LogP) is 2.83. The van der Waals surface area contributed by atoms with Crippen molar-refractivity contribution in [3.05, 3.63) is 66.2 Å². The molecule has 1 atom stereocenters. The average Bonchev–Trinajstić information content (AvgIpc) is 3.59. The van der Waals surface area contributed by atoms with Crippen molar-refractivity contribution in [2.45, 2.75) is 18.9 Å². The maximum Gasteiger partial charge on any atom is 0.164 e. The number of benzene rings is 2. The Morgan fingerprint density at radius 3 is 2.78 bits per heavy atom. The molecule has 3 aromatic heterocycles. The molecule has 3 N–H and O–H groups in total. The van der Waals surface area contributed by atoms with Crippen molar-refractivity contribution in [1.29, 1.82) is 0 Å². The lowest BCUT2D eigenvalue weighted by atomic mass is 10.1. The highest BCUT2D eigenvalue weighted by molar-refractivity contribution is 7.90. The molecule has 37 heavy (non-hydrogen) atoms. The smallest absolute Gasteiger partial charge is 0.164 e. The summed E-state index contributed by atoms with van der Waals surface area (Å²) in [6.45, 7) is 2.03. The van der Waals surface area contributed by atoms with Crippen LogP contribution < -0.4 is 5.73 Å². The van der Waals surface area contributed by atoms with Crippen molar-refractivity contribution in [3.63, 3.8) is 0 Å². The van der Waals surface area contributed by atoms with Gasteiger partial charge < -0.3 is 15.6 Å². The molecule has 0 aliphatic carbocycles. The highest BCUT2D eigenvalue weighted by Crippen LogP contribution is 2.34. The summed E-state index contributed by atoms with van der Waals surface area (Å²) in [4.78, 5) is 19.2. The summed E-state index contributed by atoms with van der Waals surface area (Å²) in [5.74, 6) is 1.43. The Morgan fingerprint density at radius 2 is 1.97 bits per heavy atom.